The van der Waals surface area contributed by atoms with Crippen LogP contribution < -0.4 is 5.32 Å². The van der Waals surface area contributed by atoms with E-state index in [4.69, 9.17) is 5.10 Å². The minimum Gasteiger partial charge on any atom is -0.309 e. The predicted octanol–water partition coefficient (Wildman–Crippen LogP) is 5.37. The molecule has 0 fully saturated rings. The van der Waals surface area contributed by atoms with Crippen LogP contribution in [0.25, 0.3) is 27.8 Å². The summed E-state index contributed by atoms with van der Waals surface area (Å²) in [5, 5.41) is 8.34. The van der Waals surface area contributed by atoms with Gasteiger partial charge in [0, 0.05) is 29.8 Å². The molecule has 0 spiro atoms. The van der Waals surface area contributed by atoms with Crippen LogP contribution in [0.15, 0.2) is 108 Å². The Kier molecular flexibility index (Phi) is 7.53. The number of nitrogens with zero attached hydrogens (tertiary/aromatic N) is 4. The van der Waals surface area contributed by atoms with Crippen molar-refractivity contribution in [3.05, 3.63) is 103 Å². The Morgan fingerprint density at radius 2 is 1.62 bits per heavy atom. The molecule has 0 saturated heterocycles. The summed E-state index contributed by atoms with van der Waals surface area (Å²) in [4.78, 5) is 17.8. The van der Waals surface area contributed by atoms with Gasteiger partial charge in [0.05, 0.1) is 23.4 Å². The number of sulfonamides is 1. The fraction of sp³-hybridized carbons (Fsp3) is 0.167. The molecule has 1 N–H and O–H groups in total. The molecular weight excluding hydrogens is 510 g/mol. The first-order valence-corrected chi connectivity index (χ1v) is 14.1. The number of anilines is 1. The molecule has 0 atom stereocenters. The number of pyridine rings is 1. The number of aromatic nitrogens is 3. The maximum absolute atomic E-state index is 13.8. The van der Waals surface area contributed by atoms with Crippen molar-refractivity contribution in [2.24, 2.45) is 5.92 Å². The lowest BCUT2D eigenvalue weighted by molar-refractivity contribution is -0.116. The molecule has 198 valence electrons. The van der Waals surface area contributed by atoms with Gasteiger partial charge in [0.15, 0.2) is 0 Å². The number of hydrogen-bond acceptors (Lipinski definition) is 5. The van der Waals surface area contributed by atoms with Gasteiger partial charge in [-0.3, -0.25) is 9.78 Å². The third kappa shape index (κ3) is 5.74. The fourth-order valence-electron chi connectivity index (χ4n) is 4.41. The highest BCUT2D eigenvalue weighted by Crippen LogP contribution is 2.27. The van der Waals surface area contributed by atoms with Gasteiger partial charge in [-0.1, -0.05) is 80.6 Å². The summed E-state index contributed by atoms with van der Waals surface area (Å²) in [6, 6.07) is 29.5. The van der Waals surface area contributed by atoms with Crippen LogP contribution in [0.5, 0.6) is 0 Å². The minimum absolute atomic E-state index is 0.00459. The number of para-hydroxylation sites is 2. The van der Waals surface area contributed by atoms with Crippen LogP contribution in [-0.2, 0) is 14.8 Å². The molecule has 5 rings (SSSR count). The van der Waals surface area contributed by atoms with Gasteiger partial charge in [0.2, 0.25) is 15.9 Å². The summed E-state index contributed by atoms with van der Waals surface area (Å²) in [5.41, 5.74) is 2.73. The maximum Gasteiger partial charge on any atom is 0.245 e. The Morgan fingerprint density at radius 1 is 0.923 bits per heavy atom. The molecule has 0 aliphatic rings. The molecule has 1 amide bonds. The van der Waals surface area contributed by atoms with E-state index in [-0.39, 0.29) is 23.9 Å². The first-order valence-electron chi connectivity index (χ1n) is 12.7. The normalized spacial score (nSPS) is 11.8. The molecular formula is C30H29N5O3S. The second-order valence-electron chi connectivity index (χ2n) is 9.60. The molecule has 0 radical (unpaired) electrons. The number of hydrogen-bond donors (Lipinski definition) is 1. The van der Waals surface area contributed by atoms with Crippen LogP contribution in [0.1, 0.15) is 13.8 Å². The molecule has 3 aromatic carbocycles. The molecule has 2 heterocycles. The molecule has 39 heavy (non-hydrogen) atoms. The van der Waals surface area contributed by atoms with E-state index in [9.17, 15) is 13.2 Å². The molecule has 2 aromatic heterocycles. The lowest BCUT2D eigenvalue weighted by Crippen LogP contribution is -2.40. The van der Waals surface area contributed by atoms with Gasteiger partial charge >= 0.3 is 0 Å². The van der Waals surface area contributed by atoms with E-state index < -0.39 is 15.9 Å². The highest BCUT2D eigenvalue weighted by atomic mass is 32.2. The maximum atomic E-state index is 13.8. The second-order valence-corrected chi connectivity index (χ2v) is 11.5. The number of fused-ring (bicyclic) bond motifs is 1. The topological polar surface area (TPSA) is 97.2 Å². The van der Waals surface area contributed by atoms with Crippen molar-refractivity contribution < 1.29 is 13.2 Å². The lowest BCUT2D eigenvalue weighted by atomic mass is 10.1. The van der Waals surface area contributed by atoms with E-state index in [2.05, 4.69) is 10.3 Å². The van der Waals surface area contributed by atoms with Crippen molar-refractivity contribution in [2.45, 2.75) is 18.7 Å². The van der Waals surface area contributed by atoms with Gasteiger partial charge in [-0.25, -0.2) is 13.1 Å². The van der Waals surface area contributed by atoms with E-state index in [1.165, 1.54) is 10.4 Å². The van der Waals surface area contributed by atoms with Gasteiger partial charge in [-0.2, -0.15) is 9.40 Å². The third-order valence-corrected chi connectivity index (χ3v) is 7.99. The lowest BCUT2D eigenvalue weighted by Gasteiger charge is -2.24. The van der Waals surface area contributed by atoms with Crippen LogP contribution in [-0.4, -0.2) is 46.5 Å². The summed E-state index contributed by atoms with van der Waals surface area (Å²) in [6.07, 6.45) is 1.57. The number of benzene rings is 3. The first-order chi connectivity index (χ1) is 18.8. The summed E-state index contributed by atoms with van der Waals surface area (Å²) >= 11 is 0. The number of amides is 1. The summed E-state index contributed by atoms with van der Waals surface area (Å²) < 4.78 is 30.5. The fourth-order valence-corrected chi connectivity index (χ4v) is 6.13. The zero-order valence-corrected chi connectivity index (χ0v) is 22.5. The van der Waals surface area contributed by atoms with E-state index in [0.717, 1.165) is 11.3 Å². The van der Waals surface area contributed by atoms with Crippen LogP contribution in [0.4, 0.5) is 5.82 Å². The molecule has 0 bridgehead atoms. The van der Waals surface area contributed by atoms with E-state index in [1.54, 1.807) is 29.1 Å². The Labute approximate surface area is 228 Å². The van der Waals surface area contributed by atoms with Gasteiger partial charge in [0.1, 0.15) is 10.7 Å². The van der Waals surface area contributed by atoms with E-state index in [0.29, 0.717) is 22.4 Å². The van der Waals surface area contributed by atoms with Crippen molar-refractivity contribution in [1.82, 2.24) is 19.1 Å². The quantitative estimate of drug-likeness (QED) is 0.272. The largest absolute Gasteiger partial charge is 0.309 e. The van der Waals surface area contributed by atoms with E-state index >= 15 is 0 Å². The molecule has 5 aromatic rings. The molecule has 0 aliphatic heterocycles. The van der Waals surface area contributed by atoms with Crippen molar-refractivity contribution in [3.63, 3.8) is 0 Å². The second kappa shape index (κ2) is 11.2. The Balaban J connectivity index is 1.47. The predicted molar refractivity (Wildman–Crippen MR) is 153 cm³/mol. The zero-order chi connectivity index (χ0) is 27.4. The Morgan fingerprint density at radius 3 is 2.33 bits per heavy atom. The molecule has 0 aliphatic carbocycles. The highest BCUT2D eigenvalue weighted by Gasteiger charge is 2.30. The molecule has 0 unspecified atom stereocenters. The summed E-state index contributed by atoms with van der Waals surface area (Å²) in [5.74, 6) is -0.0297. The van der Waals surface area contributed by atoms with Crippen LogP contribution in [0.3, 0.4) is 0 Å². The van der Waals surface area contributed by atoms with Gasteiger partial charge in [0.25, 0.3) is 0 Å². The minimum atomic E-state index is -4.02. The first kappa shape index (κ1) is 26.3. The van der Waals surface area contributed by atoms with E-state index in [1.807, 2.05) is 86.6 Å². The standard InChI is InChI=1S/C30H29N5O3S/c1-22(2)20-34(39(37,38)27-17-9-13-24-14-10-18-31-30(24)27)21-29(36)32-28-19-26(23-11-5-3-6-12-23)33-35(28)25-15-7-4-8-16-25/h3-19,22H,20-21H2,1-2H3,(H,32,36). The van der Waals surface area contributed by atoms with Crippen LogP contribution in [0.2, 0.25) is 0 Å². The smallest absolute Gasteiger partial charge is 0.245 e. The average Bonchev–Trinajstić information content (AvgIpc) is 3.36. The highest BCUT2D eigenvalue weighted by molar-refractivity contribution is 7.89. The third-order valence-electron chi connectivity index (χ3n) is 6.15. The van der Waals surface area contributed by atoms with Gasteiger partial charge in [-0.05, 0) is 30.2 Å². The number of carbonyl (C=O) groups is 1. The average molecular weight is 540 g/mol. The number of nitrogens with one attached hydrogen (secondary N) is 1. The Bertz CT molecular complexity index is 1700. The number of rotatable bonds is 9. The van der Waals surface area contributed by atoms with Crippen LogP contribution >= 0.6 is 0 Å². The molecule has 0 saturated carbocycles. The summed E-state index contributed by atoms with van der Waals surface area (Å²) in [7, 11) is -4.02. The van der Waals surface area contributed by atoms with Crippen molar-refractivity contribution in [1.29, 1.82) is 0 Å². The van der Waals surface area contributed by atoms with Crippen molar-refractivity contribution in [2.75, 3.05) is 18.4 Å². The van der Waals surface area contributed by atoms with Crippen molar-refractivity contribution in [3.8, 4) is 16.9 Å². The Hall–Kier alpha value is -4.34. The molecule has 8 nitrogen and oxygen atoms in total. The van der Waals surface area contributed by atoms with Crippen molar-refractivity contribution >= 4 is 32.7 Å². The van der Waals surface area contributed by atoms with Gasteiger partial charge < -0.3 is 5.32 Å². The SMILES string of the molecule is CC(C)CN(CC(=O)Nc1cc(-c2ccccc2)nn1-c1ccccc1)S(=O)(=O)c1cccc2cccnc12. The monoisotopic (exact) mass is 539 g/mol. The molecule has 9 heteroatoms. The van der Waals surface area contributed by atoms with Gasteiger partial charge in [-0.15, -0.1) is 0 Å². The zero-order valence-electron chi connectivity index (χ0n) is 21.7. The number of carbonyl (C=O) groups excluding carboxylic acids is 1. The van der Waals surface area contributed by atoms with Crippen LogP contribution in [0, 0.1) is 5.92 Å². The summed E-state index contributed by atoms with van der Waals surface area (Å²) in [6.45, 7) is 3.65.